The molecule has 0 fully saturated rings. The average molecular weight is 545 g/mol. The molecule has 0 bridgehead atoms. The summed E-state index contributed by atoms with van der Waals surface area (Å²) in [5.41, 5.74) is 11.4. The highest BCUT2D eigenvalue weighted by molar-refractivity contribution is 6.80. The molecule has 0 aromatic heterocycles. The number of para-hydroxylation sites is 2. The molecule has 0 amide bonds. The summed E-state index contributed by atoms with van der Waals surface area (Å²) in [6.45, 7) is 30.6. The maximum atomic E-state index is 2.74. The SMILES string of the molecule is Cc1cccc(C(C)C)c1N(Cc1ccc(CN(c2c(C)cccc2C(C)C)[Si](C)(C)C)cc1)[Si](C)(C)C. The Bertz CT molecular complexity index is 1120. The van der Waals surface area contributed by atoms with Crippen molar-refractivity contribution in [2.75, 3.05) is 9.13 Å². The van der Waals surface area contributed by atoms with E-state index in [0.717, 1.165) is 13.1 Å². The van der Waals surface area contributed by atoms with Gasteiger partial charge in [0, 0.05) is 24.5 Å². The van der Waals surface area contributed by atoms with Crippen molar-refractivity contribution in [1.29, 1.82) is 0 Å². The third-order valence-corrected chi connectivity index (χ3v) is 11.6. The second-order valence-electron chi connectivity index (χ2n) is 13.7. The van der Waals surface area contributed by atoms with Crippen molar-refractivity contribution in [3.05, 3.63) is 94.0 Å². The predicted octanol–water partition coefficient (Wildman–Crippen LogP) is 10.2. The van der Waals surface area contributed by atoms with Crippen molar-refractivity contribution in [2.24, 2.45) is 0 Å². The van der Waals surface area contributed by atoms with Crippen molar-refractivity contribution in [1.82, 2.24) is 0 Å². The van der Waals surface area contributed by atoms with Gasteiger partial charge in [0.05, 0.1) is 0 Å². The zero-order valence-corrected chi connectivity index (χ0v) is 28.2. The van der Waals surface area contributed by atoms with Crippen LogP contribution in [0.25, 0.3) is 0 Å². The van der Waals surface area contributed by atoms with E-state index in [-0.39, 0.29) is 0 Å². The summed E-state index contributed by atoms with van der Waals surface area (Å²) in [4.78, 5) is 0. The standard InChI is InChI=1S/C34H52N2Si2/c1-25(2)31-17-13-15-27(5)33(31)35(37(7,8)9)23-29-19-21-30(22-20-29)24-36(38(10,11)12)34-28(6)16-14-18-32(34)26(3)4/h13-22,25-26H,23-24H2,1-12H3. The molecule has 4 heteroatoms. The first-order valence-corrected chi connectivity index (χ1v) is 21.3. The minimum Gasteiger partial charge on any atom is -0.394 e. The minimum atomic E-state index is -1.62. The van der Waals surface area contributed by atoms with E-state index in [9.17, 15) is 0 Å². The van der Waals surface area contributed by atoms with Crippen LogP contribution in [-0.2, 0) is 13.1 Å². The van der Waals surface area contributed by atoms with Crippen molar-refractivity contribution in [3.8, 4) is 0 Å². The summed E-state index contributed by atoms with van der Waals surface area (Å²) in [6.07, 6.45) is 0. The summed E-state index contributed by atoms with van der Waals surface area (Å²) >= 11 is 0. The lowest BCUT2D eigenvalue weighted by molar-refractivity contribution is 0.849. The highest BCUT2D eigenvalue weighted by Crippen LogP contribution is 2.37. The van der Waals surface area contributed by atoms with E-state index in [1.807, 2.05) is 0 Å². The van der Waals surface area contributed by atoms with Crippen molar-refractivity contribution in [3.63, 3.8) is 0 Å². The Morgan fingerprint density at radius 1 is 0.526 bits per heavy atom. The summed E-state index contributed by atoms with van der Waals surface area (Å²) in [6, 6.07) is 23.1. The summed E-state index contributed by atoms with van der Waals surface area (Å²) in [7, 11) is -3.24. The lowest BCUT2D eigenvalue weighted by atomic mass is 9.97. The molecule has 0 saturated carbocycles. The van der Waals surface area contributed by atoms with Crippen molar-refractivity contribution in [2.45, 2.75) is 106 Å². The number of aryl methyl sites for hydroxylation is 2. The van der Waals surface area contributed by atoms with Gasteiger partial charge in [0.15, 0.2) is 0 Å². The zero-order valence-electron chi connectivity index (χ0n) is 26.2. The molecule has 2 nitrogen and oxygen atoms in total. The molecule has 0 saturated heterocycles. The van der Waals surface area contributed by atoms with Gasteiger partial charge in [-0.1, -0.05) is 128 Å². The molecule has 0 aliphatic carbocycles. The topological polar surface area (TPSA) is 6.48 Å². The van der Waals surface area contributed by atoms with Crippen LogP contribution in [0.5, 0.6) is 0 Å². The fraction of sp³-hybridized carbons (Fsp3) is 0.471. The molecule has 0 N–H and O–H groups in total. The van der Waals surface area contributed by atoms with Gasteiger partial charge in [-0.15, -0.1) is 0 Å². The Labute approximate surface area is 236 Å². The number of rotatable bonds is 10. The molecule has 0 aliphatic heterocycles. The van der Waals surface area contributed by atoms with Crippen LogP contribution in [0.15, 0.2) is 60.7 Å². The van der Waals surface area contributed by atoms with E-state index >= 15 is 0 Å². The monoisotopic (exact) mass is 544 g/mol. The highest BCUT2D eigenvalue weighted by Gasteiger charge is 2.29. The third kappa shape index (κ3) is 7.01. The van der Waals surface area contributed by atoms with Gasteiger partial charge in [0.2, 0.25) is 0 Å². The first-order chi connectivity index (χ1) is 17.6. The van der Waals surface area contributed by atoms with Gasteiger partial charge in [-0.3, -0.25) is 0 Å². The van der Waals surface area contributed by atoms with E-state index in [4.69, 9.17) is 0 Å². The van der Waals surface area contributed by atoms with E-state index in [2.05, 4.69) is 151 Å². The van der Waals surface area contributed by atoms with Gasteiger partial charge in [-0.2, -0.15) is 0 Å². The number of anilines is 2. The Hall–Kier alpha value is -2.31. The van der Waals surface area contributed by atoms with Crippen LogP contribution in [0.3, 0.4) is 0 Å². The van der Waals surface area contributed by atoms with Gasteiger partial charge < -0.3 is 9.13 Å². The largest absolute Gasteiger partial charge is 0.394 e. The molecule has 3 aromatic rings. The maximum Gasteiger partial charge on any atom is 0.147 e. The molecule has 3 aromatic carbocycles. The molecule has 0 heterocycles. The second kappa shape index (κ2) is 11.8. The smallest absolute Gasteiger partial charge is 0.147 e. The molecule has 0 radical (unpaired) electrons. The number of hydrogen-bond donors (Lipinski definition) is 0. The normalized spacial score (nSPS) is 12.4. The lowest BCUT2D eigenvalue weighted by Crippen LogP contribution is -2.47. The van der Waals surface area contributed by atoms with Crippen molar-refractivity contribution < 1.29 is 0 Å². The number of benzene rings is 3. The fourth-order valence-corrected chi connectivity index (χ4v) is 8.72. The van der Waals surface area contributed by atoms with Crippen LogP contribution in [0.1, 0.15) is 72.9 Å². The molecular formula is C34H52N2Si2. The molecule has 0 aliphatic rings. The van der Waals surface area contributed by atoms with Crippen LogP contribution in [0.4, 0.5) is 11.4 Å². The van der Waals surface area contributed by atoms with E-state index in [1.165, 1.54) is 44.8 Å². The predicted molar refractivity (Wildman–Crippen MR) is 176 cm³/mol. The highest BCUT2D eigenvalue weighted by atomic mass is 28.3. The van der Waals surface area contributed by atoms with Crippen LogP contribution in [0.2, 0.25) is 39.3 Å². The Morgan fingerprint density at radius 3 is 1.11 bits per heavy atom. The quantitative estimate of drug-likeness (QED) is 0.234. The van der Waals surface area contributed by atoms with Gasteiger partial charge in [0.1, 0.15) is 16.5 Å². The van der Waals surface area contributed by atoms with E-state index in [0.29, 0.717) is 11.8 Å². The van der Waals surface area contributed by atoms with Crippen LogP contribution in [-0.4, -0.2) is 16.5 Å². The minimum absolute atomic E-state index is 0.510. The Balaban J connectivity index is 1.95. The number of hydrogen-bond acceptors (Lipinski definition) is 2. The molecule has 0 spiro atoms. The zero-order chi connectivity index (χ0) is 28.4. The first-order valence-electron chi connectivity index (χ1n) is 14.4. The fourth-order valence-electron chi connectivity index (χ4n) is 5.45. The van der Waals surface area contributed by atoms with E-state index in [1.54, 1.807) is 0 Å². The Morgan fingerprint density at radius 2 is 0.842 bits per heavy atom. The van der Waals surface area contributed by atoms with Crippen LogP contribution >= 0.6 is 0 Å². The first kappa shape index (κ1) is 30.2. The summed E-state index contributed by atoms with van der Waals surface area (Å²) in [5.74, 6) is 1.02. The maximum absolute atomic E-state index is 2.74. The van der Waals surface area contributed by atoms with Gasteiger partial charge in [-0.05, 0) is 59.1 Å². The number of nitrogens with zero attached hydrogens (tertiary/aromatic N) is 2. The van der Waals surface area contributed by atoms with Crippen molar-refractivity contribution >= 4 is 27.8 Å². The Kier molecular flexibility index (Phi) is 9.42. The van der Waals surface area contributed by atoms with Crippen LogP contribution < -0.4 is 9.13 Å². The van der Waals surface area contributed by atoms with Crippen LogP contribution in [0, 0.1) is 13.8 Å². The molecule has 0 atom stereocenters. The molecular weight excluding hydrogens is 493 g/mol. The van der Waals surface area contributed by atoms with Gasteiger partial charge in [0.25, 0.3) is 0 Å². The van der Waals surface area contributed by atoms with Gasteiger partial charge >= 0.3 is 0 Å². The van der Waals surface area contributed by atoms with Gasteiger partial charge in [-0.25, -0.2) is 0 Å². The lowest BCUT2D eigenvalue weighted by Gasteiger charge is -2.40. The molecule has 0 unspecified atom stereocenters. The molecule has 38 heavy (non-hydrogen) atoms. The third-order valence-electron chi connectivity index (χ3n) is 7.65. The average Bonchev–Trinajstić information content (AvgIpc) is 2.80. The summed E-state index contributed by atoms with van der Waals surface area (Å²) < 4.78 is 5.48. The summed E-state index contributed by atoms with van der Waals surface area (Å²) in [5, 5.41) is 0. The molecule has 206 valence electrons. The van der Waals surface area contributed by atoms with E-state index < -0.39 is 16.5 Å². The second-order valence-corrected chi connectivity index (χ2v) is 23.4. The molecule has 3 rings (SSSR count).